The lowest BCUT2D eigenvalue weighted by Crippen LogP contribution is -2.32. The van der Waals surface area contributed by atoms with Gasteiger partial charge in [-0.2, -0.15) is 0 Å². The third kappa shape index (κ3) is 4.81. The molecule has 1 N–H and O–H groups in total. The monoisotopic (exact) mass is 320 g/mol. The first-order valence-electron chi connectivity index (χ1n) is 8.12. The molecule has 2 heteroatoms. The zero-order chi connectivity index (χ0) is 17.8. The molecule has 0 aliphatic carbocycles. The first kappa shape index (κ1) is 18.0. The number of rotatable bonds is 4. The van der Waals surface area contributed by atoms with E-state index in [9.17, 15) is 9.90 Å². The van der Waals surface area contributed by atoms with E-state index in [4.69, 9.17) is 0 Å². The Hall–Kier alpha value is -2.37. The first-order chi connectivity index (χ1) is 11.2. The summed E-state index contributed by atoms with van der Waals surface area (Å²) in [4.78, 5) is 11.3. The molecule has 124 valence electrons. The Balaban J connectivity index is 2.15. The zero-order valence-electron chi connectivity index (χ0n) is 14.8. The van der Waals surface area contributed by atoms with E-state index in [0.29, 0.717) is 12.0 Å². The van der Waals surface area contributed by atoms with Crippen molar-refractivity contribution in [3.05, 3.63) is 71.3 Å². The van der Waals surface area contributed by atoms with Crippen LogP contribution in [0.25, 0.3) is 0 Å². The molecule has 0 amide bonds. The number of ketones is 1. The second-order valence-electron chi connectivity index (χ2n) is 7.08. The molecule has 0 saturated heterocycles. The highest BCUT2D eigenvalue weighted by molar-refractivity contribution is 5.94. The van der Waals surface area contributed by atoms with Gasteiger partial charge in [-0.15, -0.1) is 0 Å². The standard InChI is InChI=1S/C22H24O2/c1-17(23)19-12-10-18(11-13-19)14-15-22(4,24)16-21(2,3)20-8-6-5-7-9-20/h5-13,24H,16H2,1-4H3. The highest BCUT2D eigenvalue weighted by Gasteiger charge is 2.30. The summed E-state index contributed by atoms with van der Waals surface area (Å²) in [5.74, 6) is 6.02. The molecular weight excluding hydrogens is 296 g/mol. The summed E-state index contributed by atoms with van der Waals surface area (Å²) in [6.07, 6.45) is 0.530. The lowest BCUT2D eigenvalue weighted by Gasteiger charge is -2.31. The van der Waals surface area contributed by atoms with Crippen molar-refractivity contribution >= 4 is 5.78 Å². The zero-order valence-corrected chi connectivity index (χ0v) is 14.8. The largest absolute Gasteiger partial charge is 0.378 e. The van der Waals surface area contributed by atoms with Crippen molar-refractivity contribution < 1.29 is 9.90 Å². The van der Waals surface area contributed by atoms with Crippen molar-refractivity contribution in [2.75, 3.05) is 0 Å². The molecule has 0 heterocycles. The maximum absolute atomic E-state index is 11.3. The van der Waals surface area contributed by atoms with Crippen LogP contribution < -0.4 is 0 Å². The number of hydrogen-bond donors (Lipinski definition) is 1. The van der Waals surface area contributed by atoms with Crippen molar-refractivity contribution in [1.29, 1.82) is 0 Å². The lowest BCUT2D eigenvalue weighted by molar-refractivity contribution is 0.0886. The van der Waals surface area contributed by atoms with Gasteiger partial charge in [0.2, 0.25) is 0 Å². The number of carbonyl (C=O) groups excluding carboxylic acids is 1. The fourth-order valence-corrected chi connectivity index (χ4v) is 2.89. The van der Waals surface area contributed by atoms with E-state index in [1.807, 2.05) is 30.3 Å². The van der Waals surface area contributed by atoms with Gasteiger partial charge in [0.05, 0.1) is 0 Å². The van der Waals surface area contributed by atoms with Crippen molar-refractivity contribution in [2.45, 2.75) is 45.1 Å². The Kier molecular flexibility index (Phi) is 5.26. The Morgan fingerprint density at radius 2 is 1.58 bits per heavy atom. The highest BCUT2D eigenvalue weighted by Crippen LogP contribution is 2.31. The number of aliphatic hydroxyl groups is 1. The van der Waals surface area contributed by atoms with Gasteiger partial charge < -0.3 is 5.11 Å². The van der Waals surface area contributed by atoms with Crippen LogP contribution in [0, 0.1) is 11.8 Å². The first-order valence-corrected chi connectivity index (χ1v) is 8.12. The van der Waals surface area contributed by atoms with E-state index in [0.717, 1.165) is 5.56 Å². The maximum Gasteiger partial charge on any atom is 0.159 e. The third-order valence-electron chi connectivity index (χ3n) is 4.11. The summed E-state index contributed by atoms with van der Waals surface area (Å²) in [7, 11) is 0. The second kappa shape index (κ2) is 7.03. The van der Waals surface area contributed by atoms with Crippen molar-refractivity contribution in [2.24, 2.45) is 0 Å². The molecule has 24 heavy (non-hydrogen) atoms. The van der Waals surface area contributed by atoms with Gasteiger partial charge in [-0.05, 0) is 43.4 Å². The minimum absolute atomic E-state index is 0.0334. The van der Waals surface area contributed by atoms with Gasteiger partial charge in [0.1, 0.15) is 5.60 Å². The Bertz CT molecular complexity index is 757. The van der Waals surface area contributed by atoms with Crippen LogP contribution >= 0.6 is 0 Å². The van der Waals surface area contributed by atoms with E-state index in [-0.39, 0.29) is 11.2 Å². The van der Waals surface area contributed by atoms with Gasteiger partial charge in [0.15, 0.2) is 5.78 Å². The normalized spacial score (nSPS) is 13.5. The summed E-state index contributed by atoms with van der Waals surface area (Å²) in [5, 5.41) is 10.7. The minimum atomic E-state index is -1.10. The molecule has 2 rings (SSSR count). The van der Waals surface area contributed by atoms with Gasteiger partial charge >= 0.3 is 0 Å². The average molecular weight is 320 g/mol. The molecule has 0 aliphatic heterocycles. The summed E-state index contributed by atoms with van der Waals surface area (Å²) in [6.45, 7) is 7.51. The van der Waals surface area contributed by atoms with Crippen LogP contribution in [0.1, 0.15) is 55.6 Å². The SMILES string of the molecule is CC(=O)c1ccc(C#CC(C)(O)CC(C)(C)c2ccccc2)cc1. The number of carbonyl (C=O) groups is 1. The van der Waals surface area contributed by atoms with Crippen LogP contribution in [-0.4, -0.2) is 16.5 Å². The molecule has 0 saturated carbocycles. The van der Waals surface area contributed by atoms with Crippen LogP contribution in [0.15, 0.2) is 54.6 Å². The Morgan fingerprint density at radius 1 is 1.00 bits per heavy atom. The molecule has 2 nitrogen and oxygen atoms in total. The lowest BCUT2D eigenvalue weighted by atomic mass is 9.76. The summed E-state index contributed by atoms with van der Waals surface area (Å²) >= 11 is 0. The molecule has 0 aliphatic rings. The molecule has 2 aromatic rings. The van der Waals surface area contributed by atoms with Crippen LogP contribution in [0.2, 0.25) is 0 Å². The average Bonchev–Trinajstić information content (AvgIpc) is 2.53. The molecular formula is C22H24O2. The molecule has 1 unspecified atom stereocenters. The van der Waals surface area contributed by atoms with Gasteiger partial charge in [-0.1, -0.05) is 68.2 Å². The second-order valence-corrected chi connectivity index (χ2v) is 7.08. The predicted molar refractivity (Wildman–Crippen MR) is 98.0 cm³/mol. The van der Waals surface area contributed by atoms with Gasteiger partial charge in [0.25, 0.3) is 0 Å². The fraction of sp³-hybridized carbons (Fsp3) is 0.318. The maximum atomic E-state index is 11.3. The summed E-state index contributed by atoms with van der Waals surface area (Å²) in [5.41, 5.74) is 1.35. The highest BCUT2D eigenvalue weighted by atomic mass is 16.3. The summed E-state index contributed by atoms with van der Waals surface area (Å²) < 4.78 is 0. The smallest absolute Gasteiger partial charge is 0.159 e. The predicted octanol–water partition coefficient (Wildman–Crippen LogP) is 4.36. The molecule has 2 aromatic carbocycles. The van der Waals surface area contributed by atoms with Gasteiger partial charge in [-0.25, -0.2) is 0 Å². The third-order valence-corrected chi connectivity index (χ3v) is 4.11. The van der Waals surface area contributed by atoms with Crippen molar-refractivity contribution in [3.8, 4) is 11.8 Å². The molecule has 0 radical (unpaired) electrons. The van der Waals surface area contributed by atoms with Crippen LogP contribution in [0.5, 0.6) is 0 Å². The quantitative estimate of drug-likeness (QED) is 0.671. The molecule has 0 aromatic heterocycles. The molecule has 0 fully saturated rings. The fourth-order valence-electron chi connectivity index (χ4n) is 2.89. The van der Waals surface area contributed by atoms with Crippen molar-refractivity contribution in [3.63, 3.8) is 0 Å². The molecule has 0 spiro atoms. The number of Topliss-reactive ketones (excluding diaryl/α,β-unsaturated/α-hetero) is 1. The Labute approximate surface area is 144 Å². The van der Waals surface area contributed by atoms with Gasteiger partial charge in [-0.3, -0.25) is 4.79 Å². The van der Waals surface area contributed by atoms with E-state index in [1.54, 1.807) is 19.1 Å². The van der Waals surface area contributed by atoms with Crippen molar-refractivity contribution in [1.82, 2.24) is 0 Å². The van der Waals surface area contributed by atoms with Crippen LogP contribution in [-0.2, 0) is 5.41 Å². The summed E-state index contributed by atoms with van der Waals surface area (Å²) in [6, 6.07) is 17.3. The van der Waals surface area contributed by atoms with Crippen LogP contribution in [0.3, 0.4) is 0 Å². The topological polar surface area (TPSA) is 37.3 Å². The van der Waals surface area contributed by atoms with Crippen LogP contribution in [0.4, 0.5) is 0 Å². The Morgan fingerprint density at radius 3 is 2.12 bits per heavy atom. The van der Waals surface area contributed by atoms with E-state index in [1.165, 1.54) is 12.5 Å². The van der Waals surface area contributed by atoms with Gasteiger partial charge in [0, 0.05) is 11.1 Å². The minimum Gasteiger partial charge on any atom is -0.378 e. The molecule has 0 bridgehead atoms. The van der Waals surface area contributed by atoms with E-state index in [2.05, 4.69) is 37.8 Å². The van der Waals surface area contributed by atoms with E-state index >= 15 is 0 Å². The van der Waals surface area contributed by atoms with E-state index < -0.39 is 5.60 Å². The number of hydrogen-bond acceptors (Lipinski definition) is 2. The number of benzene rings is 2. The molecule has 1 atom stereocenters.